The van der Waals surface area contributed by atoms with E-state index < -0.39 is 0 Å². The second-order valence-corrected chi connectivity index (χ2v) is 4.73. The maximum atomic E-state index is 8.77. The van der Waals surface area contributed by atoms with Crippen LogP contribution in [0.2, 0.25) is 5.02 Å². The molecule has 0 aliphatic rings. The summed E-state index contributed by atoms with van der Waals surface area (Å²) in [6, 6.07) is 14.9. The molecule has 2 aromatic carbocycles. The molecule has 0 bridgehead atoms. The van der Waals surface area contributed by atoms with Crippen LogP contribution < -0.4 is 5.32 Å². The minimum atomic E-state index is 0.619. The normalized spacial score (nSPS) is 9.71. The van der Waals surface area contributed by atoms with Gasteiger partial charge in [0.1, 0.15) is 0 Å². The van der Waals surface area contributed by atoms with Crippen LogP contribution in [0.4, 0.5) is 11.4 Å². The van der Waals surface area contributed by atoms with Crippen molar-refractivity contribution in [1.82, 2.24) is 0 Å². The Bertz CT molecular complexity index is 590. The lowest BCUT2D eigenvalue weighted by atomic mass is 10.2. The summed E-state index contributed by atoms with van der Waals surface area (Å²) in [5.74, 6) is 0. The molecule has 0 saturated heterocycles. The lowest BCUT2D eigenvalue weighted by Gasteiger charge is -2.08. The molecule has 0 atom stereocenters. The van der Waals surface area contributed by atoms with E-state index >= 15 is 0 Å². The first kappa shape index (κ1) is 12.0. The highest BCUT2D eigenvalue weighted by molar-refractivity contribution is 9.10. The minimum Gasteiger partial charge on any atom is -0.355 e. The highest BCUT2D eigenvalue weighted by atomic mass is 79.9. The molecule has 0 aromatic heterocycles. The minimum absolute atomic E-state index is 0.619. The predicted molar refractivity (Wildman–Crippen MR) is 73.6 cm³/mol. The van der Waals surface area contributed by atoms with E-state index in [1.165, 1.54) is 0 Å². The van der Waals surface area contributed by atoms with Crippen molar-refractivity contribution < 1.29 is 0 Å². The third-order valence-corrected chi connectivity index (χ3v) is 3.09. The Kier molecular flexibility index (Phi) is 3.68. The van der Waals surface area contributed by atoms with Gasteiger partial charge in [-0.25, -0.2) is 0 Å². The molecule has 2 nitrogen and oxygen atoms in total. The predicted octanol–water partition coefficient (Wildman–Crippen LogP) is 4.72. The number of nitrogens with zero attached hydrogens (tertiary/aromatic N) is 1. The number of hydrogen-bond donors (Lipinski definition) is 1. The summed E-state index contributed by atoms with van der Waals surface area (Å²) in [5, 5.41) is 12.7. The van der Waals surface area contributed by atoms with Crippen molar-refractivity contribution >= 4 is 38.9 Å². The Morgan fingerprint density at radius 2 is 2.00 bits per heavy atom. The number of nitriles is 1. The highest BCUT2D eigenvalue weighted by Gasteiger charge is 2.02. The van der Waals surface area contributed by atoms with E-state index in [4.69, 9.17) is 16.9 Å². The molecule has 0 radical (unpaired) electrons. The van der Waals surface area contributed by atoms with Crippen LogP contribution in [0.5, 0.6) is 0 Å². The quantitative estimate of drug-likeness (QED) is 0.871. The summed E-state index contributed by atoms with van der Waals surface area (Å²) in [6.07, 6.45) is 0. The zero-order chi connectivity index (χ0) is 12.3. The van der Waals surface area contributed by atoms with Crippen molar-refractivity contribution in [2.45, 2.75) is 0 Å². The van der Waals surface area contributed by atoms with Gasteiger partial charge < -0.3 is 5.32 Å². The van der Waals surface area contributed by atoms with Gasteiger partial charge in [-0.15, -0.1) is 0 Å². The summed E-state index contributed by atoms with van der Waals surface area (Å²) in [4.78, 5) is 0. The first-order chi connectivity index (χ1) is 8.19. The number of benzene rings is 2. The molecule has 0 fully saturated rings. The lowest BCUT2D eigenvalue weighted by molar-refractivity contribution is 1.46. The van der Waals surface area contributed by atoms with Crippen LogP contribution in [-0.4, -0.2) is 0 Å². The van der Waals surface area contributed by atoms with Crippen molar-refractivity contribution in [3.8, 4) is 6.07 Å². The fraction of sp³-hybridized carbons (Fsp3) is 0. The molecule has 0 spiro atoms. The topological polar surface area (TPSA) is 35.8 Å². The highest BCUT2D eigenvalue weighted by Crippen LogP contribution is 2.27. The Morgan fingerprint density at radius 3 is 2.65 bits per heavy atom. The van der Waals surface area contributed by atoms with Gasteiger partial charge in [-0.1, -0.05) is 17.7 Å². The van der Waals surface area contributed by atoms with Crippen LogP contribution in [0, 0.1) is 11.3 Å². The van der Waals surface area contributed by atoms with Crippen LogP contribution in [0.1, 0.15) is 5.56 Å². The molecular weight excluding hydrogens is 300 g/mol. The summed E-state index contributed by atoms with van der Waals surface area (Å²) < 4.78 is 0.844. The van der Waals surface area contributed by atoms with Gasteiger partial charge in [-0.05, 0) is 52.3 Å². The molecule has 2 aromatic rings. The van der Waals surface area contributed by atoms with Crippen molar-refractivity contribution in [3.05, 3.63) is 57.5 Å². The van der Waals surface area contributed by atoms with E-state index in [9.17, 15) is 0 Å². The first-order valence-corrected chi connectivity index (χ1v) is 6.08. The molecule has 17 heavy (non-hydrogen) atoms. The maximum absolute atomic E-state index is 8.77. The lowest BCUT2D eigenvalue weighted by Crippen LogP contribution is -1.91. The first-order valence-electron chi connectivity index (χ1n) is 4.91. The van der Waals surface area contributed by atoms with E-state index in [1.54, 1.807) is 12.1 Å². The number of halogens is 2. The molecule has 1 N–H and O–H groups in total. The molecule has 0 aliphatic heterocycles. The van der Waals surface area contributed by atoms with E-state index in [1.807, 2.05) is 30.3 Å². The second-order valence-electron chi connectivity index (χ2n) is 3.44. The van der Waals surface area contributed by atoms with E-state index in [0.29, 0.717) is 10.6 Å². The van der Waals surface area contributed by atoms with Gasteiger partial charge in [0, 0.05) is 15.2 Å². The van der Waals surface area contributed by atoms with Gasteiger partial charge in [0.15, 0.2) is 0 Å². The van der Waals surface area contributed by atoms with Gasteiger partial charge in [0.25, 0.3) is 0 Å². The molecule has 0 amide bonds. The summed E-state index contributed by atoms with van der Waals surface area (Å²) in [7, 11) is 0. The zero-order valence-corrected chi connectivity index (χ0v) is 11.1. The van der Waals surface area contributed by atoms with Crippen LogP contribution in [-0.2, 0) is 0 Å². The van der Waals surface area contributed by atoms with Crippen LogP contribution >= 0.6 is 27.5 Å². The van der Waals surface area contributed by atoms with Crippen LogP contribution in [0.3, 0.4) is 0 Å². The SMILES string of the molecule is N#Cc1ccc(Nc2cccc(Cl)c2)c(Br)c1. The fourth-order valence-corrected chi connectivity index (χ4v) is 2.08. The summed E-state index contributed by atoms with van der Waals surface area (Å²) >= 11 is 9.32. The van der Waals surface area contributed by atoms with Gasteiger partial charge >= 0.3 is 0 Å². The van der Waals surface area contributed by atoms with Gasteiger partial charge in [0.2, 0.25) is 0 Å². The molecule has 4 heteroatoms. The number of anilines is 2. The van der Waals surface area contributed by atoms with Gasteiger partial charge in [-0.2, -0.15) is 5.26 Å². The molecule has 84 valence electrons. The average molecular weight is 308 g/mol. The molecule has 0 saturated carbocycles. The molecular formula is C13H8BrClN2. The monoisotopic (exact) mass is 306 g/mol. The number of hydrogen-bond acceptors (Lipinski definition) is 2. The summed E-state index contributed by atoms with van der Waals surface area (Å²) in [6.45, 7) is 0. The Balaban J connectivity index is 2.28. The number of nitrogens with one attached hydrogen (secondary N) is 1. The third-order valence-electron chi connectivity index (χ3n) is 2.20. The average Bonchev–Trinajstić information content (AvgIpc) is 2.32. The van der Waals surface area contributed by atoms with Crippen molar-refractivity contribution in [3.63, 3.8) is 0 Å². The molecule has 0 heterocycles. The Morgan fingerprint density at radius 1 is 1.18 bits per heavy atom. The van der Waals surface area contributed by atoms with E-state index in [0.717, 1.165) is 15.8 Å². The largest absolute Gasteiger partial charge is 0.355 e. The standard InChI is InChI=1S/C13H8BrClN2/c14-12-6-9(8-16)4-5-13(12)17-11-3-1-2-10(15)7-11/h1-7,17H. The zero-order valence-electron chi connectivity index (χ0n) is 8.74. The van der Waals surface area contributed by atoms with E-state index in [-0.39, 0.29) is 0 Å². The molecule has 2 rings (SSSR count). The van der Waals surface area contributed by atoms with Gasteiger partial charge in [-0.3, -0.25) is 0 Å². The second kappa shape index (κ2) is 5.22. The fourth-order valence-electron chi connectivity index (χ4n) is 1.41. The van der Waals surface area contributed by atoms with Crippen LogP contribution in [0.15, 0.2) is 46.9 Å². The van der Waals surface area contributed by atoms with Crippen LogP contribution in [0.25, 0.3) is 0 Å². The van der Waals surface area contributed by atoms with Gasteiger partial charge in [0.05, 0.1) is 17.3 Å². The smallest absolute Gasteiger partial charge is 0.0992 e. The van der Waals surface area contributed by atoms with Crippen molar-refractivity contribution in [2.24, 2.45) is 0 Å². The Hall–Kier alpha value is -1.50. The van der Waals surface area contributed by atoms with E-state index in [2.05, 4.69) is 27.3 Å². The summed E-state index contributed by atoms with van der Waals surface area (Å²) in [5.41, 5.74) is 2.42. The third kappa shape index (κ3) is 3.00. The molecule has 0 aliphatic carbocycles. The molecule has 0 unspecified atom stereocenters. The van der Waals surface area contributed by atoms with Crippen molar-refractivity contribution in [1.29, 1.82) is 5.26 Å². The Labute approximate surface area is 113 Å². The van der Waals surface area contributed by atoms with Crippen molar-refractivity contribution in [2.75, 3.05) is 5.32 Å². The maximum Gasteiger partial charge on any atom is 0.0992 e. The number of rotatable bonds is 2.